The highest BCUT2D eigenvalue weighted by Crippen LogP contribution is 2.31. The smallest absolute Gasteiger partial charge is 0.206 e. The van der Waals surface area contributed by atoms with E-state index in [1.54, 1.807) is 30.9 Å². The summed E-state index contributed by atoms with van der Waals surface area (Å²) >= 11 is 6.46. The van der Waals surface area contributed by atoms with Crippen LogP contribution in [0.15, 0.2) is 48.7 Å². The highest BCUT2D eigenvalue weighted by Gasteiger charge is 2.13. The van der Waals surface area contributed by atoms with Crippen LogP contribution in [0.2, 0.25) is 0 Å². The molecule has 4 rings (SSSR count). The molecule has 3 N–H and O–H groups in total. The normalized spacial score (nSPS) is 12.9. The summed E-state index contributed by atoms with van der Waals surface area (Å²) in [4.78, 5) is 14.9. The number of hydrogen-bond donors (Lipinski definition) is 3. The Labute approximate surface area is 218 Å². The lowest BCUT2D eigenvalue weighted by atomic mass is 10.1. The van der Waals surface area contributed by atoms with Gasteiger partial charge in [0.1, 0.15) is 22.3 Å². The molecule has 1 aromatic heterocycles. The number of hydrogen-bond acceptors (Lipinski definition) is 7. The average Bonchev–Trinajstić information content (AvgIpc) is 2.87. The minimum Gasteiger partial charge on any atom is -0.494 e. The van der Waals surface area contributed by atoms with Gasteiger partial charge in [-0.05, 0) is 30.6 Å². The van der Waals surface area contributed by atoms with Gasteiger partial charge in [-0.1, -0.05) is 29.8 Å². The van der Waals surface area contributed by atoms with E-state index in [1.807, 2.05) is 50.5 Å². The van der Waals surface area contributed by atoms with Crippen LogP contribution in [0.1, 0.15) is 5.82 Å². The van der Waals surface area contributed by atoms with E-state index in [2.05, 4.69) is 26.6 Å². The van der Waals surface area contributed by atoms with Crippen molar-refractivity contribution in [3.8, 4) is 5.75 Å². The zero-order chi connectivity index (χ0) is 25.8. The molecule has 36 heavy (non-hydrogen) atoms. The predicted octanol–water partition coefficient (Wildman–Crippen LogP) is 4.15. The first-order valence-corrected chi connectivity index (χ1v) is 13.2. The summed E-state index contributed by atoms with van der Waals surface area (Å²) in [6.07, 6.45) is 3.26. The SMILES string of the molecule is CNCCN(C)c1cc(OC)c2cc1ccc1ccc(N(C)S(C)=O)c(c1)nc1[nH]c(n2)NC=C1Cl. The van der Waals surface area contributed by atoms with Crippen LogP contribution >= 0.6 is 11.6 Å². The fraction of sp³-hybridized carbons (Fsp3) is 0.280. The lowest BCUT2D eigenvalue weighted by molar-refractivity contribution is 0.418. The molecule has 3 aromatic rings. The van der Waals surface area contributed by atoms with Gasteiger partial charge in [0, 0.05) is 56.8 Å². The van der Waals surface area contributed by atoms with Gasteiger partial charge in [0.25, 0.3) is 0 Å². The van der Waals surface area contributed by atoms with Gasteiger partial charge < -0.3 is 25.3 Å². The Bertz CT molecular complexity index is 1440. The van der Waals surface area contributed by atoms with E-state index in [0.717, 1.165) is 29.5 Å². The highest BCUT2D eigenvalue weighted by atomic mass is 35.5. The molecule has 0 amide bonds. The maximum absolute atomic E-state index is 12.2. The van der Waals surface area contributed by atoms with E-state index in [9.17, 15) is 4.21 Å². The number of halogens is 1. The topological polar surface area (TPSA) is 98.4 Å². The van der Waals surface area contributed by atoms with E-state index in [1.165, 1.54) is 0 Å². The molecular formula is C25H30ClN7O2S. The van der Waals surface area contributed by atoms with E-state index in [0.29, 0.717) is 39.3 Å². The first kappa shape index (κ1) is 25.7. The third-order valence-corrected chi connectivity index (χ3v) is 7.14. The zero-order valence-corrected chi connectivity index (χ0v) is 22.5. The van der Waals surface area contributed by atoms with Crippen molar-refractivity contribution in [3.63, 3.8) is 0 Å². The molecule has 0 radical (unpaired) electrons. The molecule has 190 valence electrons. The number of benzene rings is 2. The number of likely N-dealkylation sites (N-methyl/N-ethyl adjacent to an activating group) is 2. The number of H-pyrrole nitrogens is 1. The third kappa shape index (κ3) is 5.56. The summed E-state index contributed by atoms with van der Waals surface area (Å²) in [5.41, 5.74) is 3.00. The summed E-state index contributed by atoms with van der Waals surface area (Å²) in [7, 11) is 6.16. The van der Waals surface area contributed by atoms with Crippen molar-refractivity contribution in [2.45, 2.75) is 0 Å². The van der Waals surface area contributed by atoms with Gasteiger partial charge >= 0.3 is 0 Å². The van der Waals surface area contributed by atoms with Crippen LogP contribution in [-0.4, -0.2) is 66.8 Å². The fourth-order valence-corrected chi connectivity index (χ4v) is 4.38. The second-order valence-corrected chi connectivity index (χ2v) is 10.1. The molecule has 0 spiro atoms. The maximum atomic E-state index is 12.2. The summed E-state index contributed by atoms with van der Waals surface area (Å²) < 4.78 is 19.6. The molecule has 1 aliphatic rings. The van der Waals surface area contributed by atoms with Crippen LogP contribution in [0, 0.1) is 0 Å². The Balaban J connectivity index is 2.09. The van der Waals surface area contributed by atoms with Crippen molar-refractivity contribution in [3.05, 3.63) is 54.5 Å². The molecule has 0 saturated carbocycles. The van der Waals surface area contributed by atoms with Gasteiger partial charge in [0.15, 0.2) is 5.82 Å². The molecule has 0 saturated heterocycles. The van der Waals surface area contributed by atoms with Crippen molar-refractivity contribution >= 4 is 66.7 Å². The fourth-order valence-electron chi connectivity index (χ4n) is 3.80. The van der Waals surface area contributed by atoms with Crippen LogP contribution in [0.3, 0.4) is 0 Å². The molecule has 2 aromatic carbocycles. The second kappa shape index (κ2) is 11.2. The Hall–Kier alpha value is -3.34. The minimum absolute atomic E-state index is 0.394. The van der Waals surface area contributed by atoms with E-state index in [4.69, 9.17) is 26.3 Å². The van der Waals surface area contributed by atoms with Crippen LogP contribution < -0.4 is 24.6 Å². The van der Waals surface area contributed by atoms with E-state index < -0.39 is 11.0 Å². The summed E-state index contributed by atoms with van der Waals surface area (Å²) in [5.74, 6) is 1.51. The lowest BCUT2D eigenvalue weighted by Crippen LogP contribution is -2.27. The van der Waals surface area contributed by atoms with E-state index >= 15 is 0 Å². The third-order valence-electron chi connectivity index (χ3n) is 5.88. The predicted molar refractivity (Wildman–Crippen MR) is 152 cm³/mol. The number of ether oxygens (including phenoxy) is 1. The Kier molecular flexibility index (Phi) is 7.97. The maximum Gasteiger partial charge on any atom is 0.206 e. The molecule has 2 heterocycles. The Morgan fingerprint density at radius 1 is 1.08 bits per heavy atom. The number of nitrogens with zero attached hydrogens (tertiary/aromatic N) is 4. The number of aromatic amines is 1. The van der Waals surface area contributed by atoms with Gasteiger partial charge in [0.05, 0.1) is 23.3 Å². The zero-order valence-electron chi connectivity index (χ0n) is 20.9. The molecule has 11 heteroatoms. The molecule has 6 bridgehead atoms. The number of anilines is 3. The van der Waals surface area contributed by atoms with Crippen LogP contribution in [0.5, 0.6) is 5.75 Å². The van der Waals surface area contributed by atoms with E-state index in [-0.39, 0.29) is 0 Å². The Morgan fingerprint density at radius 3 is 2.58 bits per heavy atom. The van der Waals surface area contributed by atoms with Crippen molar-refractivity contribution in [2.75, 3.05) is 62.1 Å². The molecule has 1 atom stereocenters. The minimum atomic E-state index is -1.22. The number of rotatable bonds is 7. The van der Waals surface area contributed by atoms with Crippen LogP contribution in [0.4, 0.5) is 17.3 Å². The first-order valence-electron chi connectivity index (χ1n) is 11.3. The number of aromatic nitrogens is 3. The number of nitrogens with one attached hydrogen (secondary N) is 3. The molecule has 1 aliphatic heterocycles. The van der Waals surface area contributed by atoms with Crippen LogP contribution in [-0.2, 0) is 11.0 Å². The molecule has 0 aliphatic carbocycles. The first-order chi connectivity index (χ1) is 17.3. The Morgan fingerprint density at radius 2 is 1.86 bits per heavy atom. The van der Waals surface area contributed by atoms with Gasteiger partial charge in [0.2, 0.25) is 5.95 Å². The second-order valence-electron chi connectivity index (χ2n) is 8.29. The molecular weight excluding hydrogens is 498 g/mol. The standard InChI is InChI=1S/C25H30ClN7O2S/c1-27-10-11-32(2)22-14-23(35-4)20-13-17(22)8-6-16-7-9-21(33(3)36(5)34)19(12-16)29-24-18(26)15-28-25(30-20)31-24/h6-9,12-15,27H,10-11H2,1-5H3,(H2,28,29,30,31). The monoisotopic (exact) mass is 527 g/mol. The molecule has 1 unspecified atom stereocenters. The average molecular weight is 528 g/mol. The summed E-state index contributed by atoms with van der Waals surface area (Å²) in [6, 6.07) is 13.9. The molecule has 0 fully saturated rings. The summed E-state index contributed by atoms with van der Waals surface area (Å²) in [5, 5.41) is 8.57. The van der Waals surface area contributed by atoms with Crippen molar-refractivity contribution in [1.82, 2.24) is 20.3 Å². The highest BCUT2D eigenvalue weighted by molar-refractivity contribution is 7.85. The quantitative estimate of drug-likeness (QED) is 0.424. The van der Waals surface area contributed by atoms with Gasteiger partial charge in [-0.2, -0.15) is 0 Å². The van der Waals surface area contributed by atoms with Crippen LogP contribution in [0.25, 0.3) is 26.8 Å². The number of fused-ring (bicyclic) bond motifs is 6. The largest absolute Gasteiger partial charge is 0.494 e. The molecule has 9 nitrogen and oxygen atoms in total. The van der Waals surface area contributed by atoms with Gasteiger partial charge in [-0.3, -0.25) is 4.31 Å². The van der Waals surface area contributed by atoms with Gasteiger partial charge in [-0.15, -0.1) is 0 Å². The lowest BCUT2D eigenvalue weighted by Gasteiger charge is -2.21. The summed E-state index contributed by atoms with van der Waals surface area (Å²) in [6.45, 7) is 1.65. The van der Waals surface area contributed by atoms with Gasteiger partial charge in [-0.25, -0.2) is 14.2 Å². The van der Waals surface area contributed by atoms with Crippen molar-refractivity contribution in [1.29, 1.82) is 0 Å². The van der Waals surface area contributed by atoms with Crippen molar-refractivity contribution in [2.24, 2.45) is 0 Å². The van der Waals surface area contributed by atoms with Crippen molar-refractivity contribution < 1.29 is 8.95 Å². The number of methoxy groups -OCH3 is 1.